The molecule has 21 heavy (non-hydrogen) atoms. The van der Waals surface area contributed by atoms with Crippen LogP contribution in [0.1, 0.15) is 36.2 Å². The molecule has 3 rings (SSSR count). The second kappa shape index (κ2) is 6.60. The molecule has 1 fully saturated rings. The van der Waals surface area contributed by atoms with Gasteiger partial charge in [-0.15, -0.1) is 12.4 Å². The highest BCUT2D eigenvalue weighted by molar-refractivity contribution is 5.93. The molecule has 1 aromatic carbocycles. The van der Waals surface area contributed by atoms with E-state index in [4.69, 9.17) is 10.5 Å². The van der Waals surface area contributed by atoms with Crippen LogP contribution in [0.15, 0.2) is 30.5 Å². The van der Waals surface area contributed by atoms with Crippen LogP contribution in [-0.4, -0.2) is 23.7 Å². The molecular weight excluding hydrogens is 288 g/mol. The van der Waals surface area contributed by atoms with Gasteiger partial charge < -0.3 is 10.5 Å². The largest absolute Gasteiger partial charge is 0.381 e. The number of fused-ring (bicyclic) bond motifs is 1. The van der Waals surface area contributed by atoms with Gasteiger partial charge in [0.2, 0.25) is 5.91 Å². The van der Waals surface area contributed by atoms with Crippen LogP contribution in [0.25, 0.3) is 10.9 Å². The molecule has 2 N–H and O–H groups in total. The molecule has 0 bridgehead atoms. The standard InChI is InChI=1S/C16H20N2O2.ClH/c1-11(19)18-10-14(13-4-2-3-5-15(13)18)16(17)12-6-8-20-9-7-12;/h2-5,10,12,16H,6-9,17H2,1H3;1H/t16-;/m0./s1. The quantitative estimate of drug-likeness (QED) is 0.927. The average molecular weight is 309 g/mol. The van der Waals surface area contributed by atoms with Crippen LogP contribution in [-0.2, 0) is 4.74 Å². The van der Waals surface area contributed by atoms with Gasteiger partial charge in [-0.3, -0.25) is 9.36 Å². The zero-order valence-electron chi connectivity index (χ0n) is 12.1. The van der Waals surface area contributed by atoms with Crippen LogP contribution < -0.4 is 5.73 Å². The van der Waals surface area contributed by atoms with Crippen molar-refractivity contribution in [3.8, 4) is 0 Å². The molecule has 5 heteroatoms. The fourth-order valence-corrected chi connectivity index (χ4v) is 3.06. The Bertz CT molecular complexity index is 632. The van der Waals surface area contributed by atoms with Crippen molar-refractivity contribution in [2.45, 2.75) is 25.8 Å². The van der Waals surface area contributed by atoms with Crippen LogP contribution in [0.3, 0.4) is 0 Å². The number of hydrogen-bond donors (Lipinski definition) is 1. The summed E-state index contributed by atoms with van der Waals surface area (Å²) in [6.45, 7) is 3.14. The Morgan fingerprint density at radius 2 is 2.00 bits per heavy atom. The maximum Gasteiger partial charge on any atom is 0.227 e. The minimum Gasteiger partial charge on any atom is -0.381 e. The smallest absolute Gasteiger partial charge is 0.227 e. The van der Waals surface area contributed by atoms with E-state index in [0.29, 0.717) is 5.92 Å². The first kappa shape index (κ1) is 16.0. The summed E-state index contributed by atoms with van der Waals surface area (Å²) in [5, 5.41) is 1.08. The normalized spacial score (nSPS) is 17.4. The molecule has 1 aliphatic rings. The number of carbonyl (C=O) groups is 1. The minimum absolute atomic E-state index is 0. The Morgan fingerprint density at radius 1 is 1.33 bits per heavy atom. The molecule has 0 spiro atoms. The highest BCUT2D eigenvalue weighted by atomic mass is 35.5. The van der Waals surface area contributed by atoms with E-state index in [1.54, 1.807) is 11.5 Å². The van der Waals surface area contributed by atoms with E-state index in [1.165, 1.54) is 0 Å². The number of para-hydroxylation sites is 1. The van der Waals surface area contributed by atoms with Crippen molar-refractivity contribution in [2.24, 2.45) is 11.7 Å². The zero-order valence-corrected chi connectivity index (χ0v) is 12.9. The van der Waals surface area contributed by atoms with Gasteiger partial charge in [0.1, 0.15) is 0 Å². The first-order valence-electron chi connectivity index (χ1n) is 7.12. The zero-order chi connectivity index (χ0) is 14.1. The molecule has 2 aromatic rings. The first-order valence-corrected chi connectivity index (χ1v) is 7.12. The summed E-state index contributed by atoms with van der Waals surface area (Å²) in [6, 6.07) is 7.92. The second-order valence-electron chi connectivity index (χ2n) is 5.47. The van der Waals surface area contributed by atoms with Gasteiger partial charge in [-0.25, -0.2) is 0 Å². The molecule has 2 heterocycles. The number of halogens is 1. The van der Waals surface area contributed by atoms with Gasteiger partial charge in [0, 0.05) is 37.8 Å². The highest BCUT2D eigenvalue weighted by Gasteiger charge is 2.25. The number of benzene rings is 1. The number of rotatable bonds is 2. The molecular formula is C16H21ClN2O2. The number of carbonyl (C=O) groups excluding carboxylic acids is 1. The lowest BCUT2D eigenvalue weighted by atomic mass is 9.88. The lowest BCUT2D eigenvalue weighted by molar-refractivity contribution is 0.0585. The molecule has 1 aromatic heterocycles. The third kappa shape index (κ3) is 2.98. The molecule has 0 amide bonds. The van der Waals surface area contributed by atoms with E-state index in [1.807, 2.05) is 30.5 Å². The van der Waals surface area contributed by atoms with Crippen LogP contribution in [0.4, 0.5) is 0 Å². The second-order valence-corrected chi connectivity index (χ2v) is 5.47. The molecule has 0 saturated carbocycles. The van der Waals surface area contributed by atoms with Crippen molar-refractivity contribution in [1.29, 1.82) is 0 Å². The van der Waals surface area contributed by atoms with Crippen molar-refractivity contribution in [3.63, 3.8) is 0 Å². The highest BCUT2D eigenvalue weighted by Crippen LogP contribution is 2.33. The molecule has 1 atom stereocenters. The van der Waals surface area contributed by atoms with Gasteiger partial charge in [-0.2, -0.15) is 0 Å². The number of aromatic nitrogens is 1. The van der Waals surface area contributed by atoms with Crippen molar-refractivity contribution in [2.75, 3.05) is 13.2 Å². The van der Waals surface area contributed by atoms with E-state index < -0.39 is 0 Å². The third-order valence-corrected chi connectivity index (χ3v) is 4.21. The van der Waals surface area contributed by atoms with Crippen molar-refractivity contribution < 1.29 is 9.53 Å². The summed E-state index contributed by atoms with van der Waals surface area (Å²) < 4.78 is 7.10. The van der Waals surface area contributed by atoms with Gasteiger partial charge in [0.25, 0.3) is 0 Å². The maximum absolute atomic E-state index is 11.8. The lowest BCUT2D eigenvalue weighted by Crippen LogP contribution is -2.27. The molecule has 4 nitrogen and oxygen atoms in total. The van der Waals surface area contributed by atoms with Crippen molar-refractivity contribution >= 4 is 29.2 Å². The Hall–Kier alpha value is -1.36. The predicted octanol–water partition coefficient (Wildman–Crippen LogP) is 3.15. The van der Waals surface area contributed by atoms with Crippen LogP contribution in [0, 0.1) is 5.92 Å². The lowest BCUT2D eigenvalue weighted by Gasteiger charge is -2.27. The first-order chi connectivity index (χ1) is 9.68. The van der Waals surface area contributed by atoms with Crippen molar-refractivity contribution in [1.82, 2.24) is 4.57 Å². The minimum atomic E-state index is -0.0376. The summed E-state index contributed by atoms with van der Waals surface area (Å²) in [7, 11) is 0. The fourth-order valence-electron chi connectivity index (χ4n) is 3.06. The summed E-state index contributed by atoms with van der Waals surface area (Å²) >= 11 is 0. The number of hydrogen-bond acceptors (Lipinski definition) is 3. The van der Waals surface area contributed by atoms with Gasteiger partial charge in [0.05, 0.1) is 5.52 Å². The maximum atomic E-state index is 11.8. The Balaban J connectivity index is 0.00000161. The summed E-state index contributed by atoms with van der Waals surface area (Å²) in [4.78, 5) is 11.8. The topological polar surface area (TPSA) is 57.2 Å². The number of ether oxygens (including phenoxy) is 1. The fraction of sp³-hybridized carbons (Fsp3) is 0.438. The Labute approximate surface area is 130 Å². The third-order valence-electron chi connectivity index (χ3n) is 4.21. The van der Waals surface area contributed by atoms with Gasteiger partial charge >= 0.3 is 0 Å². The van der Waals surface area contributed by atoms with Crippen molar-refractivity contribution in [3.05, 3.63) is 36.0 Å². The van der Waals surface area contributed by atoms with Crippen LogP contribution in [0.2, 0.25) is 0 Å². The van der Waals surface area contributed by atoms with Gasteiger partial charge in [-0.05, 0) is 30.4 Å². The van der Waals surface area contributed by atoms with Gasteiger partial charge in [0.15, 0.2) is 0 Å². The molecule has 114 valence electrons. The van der Waals surface area contributed by atoms with Crippen LogP contribution >= 0.6 is 12.4 Å². The average Bonchev–Trinajstić information content (AvgIpc) is 2.87. The summed E-state index contributed by atoms with van der Waals surface area (Å²) in [5.41, 5.74) is 8.48. The van der Waals surface area contributed by atoms with Crippen LogP contribution in [0.5, 0.6) is 0 Å². The monoisotopic (exact) mass is 308 g/mol. The number of nitrogens with two attached hydrogens (primary N) is 1. The molecule has 1 saturated heterocycles. The Morgan fingerprint density at radius 3 is 2.67 bits per heavy atom. The van der Waals surface area contributed by atoms with E-state index in [9.17, 15) is 4.79 Å². The van der Waals surface area contributed by atoms with E-state index in [0.717, 1.165) is 42.5 Å². The number of nitrogens with zero attached hydrogens (tertiary/aromatic N) is 1. The molecule has 0 radical (unpaired) electrons. The predicted molar refractivity (Wildman–Crippen MR) is 86.0 cm³/mol. The molecule has 0 unspecified atom stereocenters. The molecule has 0 aliphatic carbocycles. The van der Waals surface area contributed by atoms with E-state index >= 15 is 0 Å². The summed E-state index contributed by atoms with van der Waals surface area (Å²) in [5.74, 6) is 0.446. The van der Waals surface area contributed by atoms with Gasteiger partial charge in [-0.1, -0.05) is 18.2 Å². The SMILES string of the molecule is CC(=O)n1cc([C@@H](N)C2CCOCC2)c2ccccc21.Cl. The summed E-state index contributed by atoms with van der Waals surface area (Å²) in [6.07, 6.45) is 3.88. The van der Waals surface area contributed by atoms with E-state index in [-0.39, 0.29) is 24.4 Å². The molecule has 1 aliphatic heterocycles. The van der Waals surface area contributed by atoms with E-state index in [2.05, 4.69) is 0 Å². The Kier molecular flexibility index (Phi) is 5.04.